The zero-order chi connectivity index (χ0) is 19.5. The van der Waals surface area contributed by atoms with Crippen molar-refractivity contribution in [3.05, 3.63) is 77.7 Å². The lowest BCUT2D eigenvalue weighted by Gasteiger charge is -2.11. The van der Waals surface area contributed by atoms with E-state index >= 15 is 0 Å². The highest BCUT2D eigenvalue weighted by Gasteiger charge is 2.12. The predicted molar refractivity (Wildman–Crippen MR) is 109 cm³/mol. The fourth-order valence-electron chi connectivity index (χ4n) is 3.03. The molecule has 2 aromatic carbocycles. The fraction of sp³-hybridized carbons (Fsp3) is 0.143. The van der Waals surface area contributed by atoms with Crippen molar-refractivity contribution in [2.24, 2.45) is 0 Å². The van der Waals surface area contributed by atoms with E-state index in [2.05, 4.69) is 37.8 Å². The molecule has 7 heteroatoms. The molecule has 140 valence electrons. The van der Waals surface area contributed by atoms with Crippen molar-refractivity contribution >= 4 is 28.4 Å². The molecule has 2 N–H and O–H groups in total. The van der Waals surface area contributed by atoms with Gasteiger partial charge in [-0.1, -0.05) is 36.4 Å². The first-order valence-corrected chi connectivity index (χ1v) is 8.96. The molecule has 0 spiro atoms. The van der Waals surface area contributed by atoms with Gasteiger partial charge in [0, 0.05) is 18.3 Å². The third-order valence-electron chi connectivity index (χ3n) is 4.59. The molecule has 28 heavy (non-hydrogen) atoms. The van der Waals surface area contributed by atoms with E-state index < -0.39 is 0 Å². The molecular weight excluding hydrogens is 352 g/mol. The van der Waals surface area contributed by atoms with Crippen molar-refractivity contribution in [2.75, 3.05) is 12.4 Å². The van der Waals surface area contributed by atoms with Crippen LogP contribution in [0.3, 0.4) is 0 Å². The monoisotopic (exact) mass is 372 g/mol. The molecule has 7 nitrogen and oxygen atoms in total. The number of rotatable bonds is 5. The van der Waals surface area contributed by atoms with Crippen LogP contribution >= 0.6 is 0 Å². The Morgan fingerprint density at radius 2 is 1.93 bits per heavy atom. The van der Waals surface area contributed by atoms with Crippen molar-refractivity contribution in [2.45, 2.75) is 13.5 Å². The Bertz CT molecular complexity index is 1140. The third-order valence-corrected chi connectivity index (χ3v) is 4.59. The zero-order valence-electron chi connectivity index (χ0n) is 15.7. The summed E-state index contributed by atoms with van der Waals surface area (Å²) in [6.45, 7) is 2.61. The van der Waals surface area contributed by atoms with Gasteiger partial charge in [0.25, 0.3) is 5.91 Å². The molecule has 0 bridgehead atoms. The Balaban J connectivity index is 1.68. The largest absolute Gasteiger partial charge is 0.355 e. The predicted octanol–water partition coefficient (Wildman–Crippen LogP) is 3.29. The van der Waals surface area contributed by atoms with Gasteiger partial charge in [0.1, 0.15) is 12.1 Å². The molecule has 0 saturated carbocycles. The maximum absolute atomic E-state index is 11.9. The number of fused-ring (bicyclic) bond motifs is 1. The number of amides is 1. The smallest absolute Gasteiger partial charge is 0.251 e. The average Bonchev–Trinajstić information content (AvgIpc) is 3.13. The molecule has 4 rings (SSSR count). The van der Waals surface area contributed by atoms with Crippen LogP contribution in [0.25, 0.3) is 11.0 Å². The van der Waals surface area contributed by atoms with Gasteiger partial charge in [0.15, 0.2) is 5.65 Å². The summed E-state index contributed by atoms with van der Waals surface area (Å²) < 4.78 is 1.85. The lowest BCUT2D eigenvalue weighted by atomic mass is 10.1. The van der Waals surface area contributed by atoms with Gasteiger partial charge in [-0.15, -0.1) is 0 Å². The number of nitrogens with one attached hydrogen (secondary N) is 2. The lowest BCUT2D eigenvalue weighted by Crippen LogP contribution is -2.17. The van der Waals surface area contributed by atoms with Crippen LogP contribution in [0.4, 0.5) is 11.5 Å². The molecule has 2 aromatic heterocycles. The first kappa shape index (κ1) is 17.7. The summed E-state index contributed by atoms with van der Waals surface area (Å²) in [6, 6.07) is 15.6. The van der Waals surface area contributed by atoms with E-state index in [1.807, 2.05) is 41.9 Å². The first-order chi connectivity index (χ1) is 13.7. The normalized spacial score (nSPS) is 10.8. The number of benzene rings is 2. The SMILES string of the molecule is CNC(=O)c1ccc(C)c(Nc2ncnc3c2cnn3Cc2ccccc2)c1. The number of anilines is 2. The number of nitrogens with zero attached hydrogens (tertiary/aromatic N) is 4. The number of carbonyl (C=O) groups excluding carboxylic acids is 1. The molecule has 0 atom stereocenters. The highest BCUT2D eigenvalue weighted by molar-refractivity contribution is 5.96. The molecule has 0 unspecified atom stereocenters. The second kappa shape index (κ2) is 7.48. The molecule has 0 radical (unpaired) electrons. The van der Waals surface area contributed by atoms with E-state index in [0.717, 1.165) is 27.8 Å². The summed E-state index contributed by atoms with van der Waals surface area (Å²) >= 11 is 0. The molecule has 2 heterocycles. The lowest BCUT2D eigenvalue weighted by molar-refractivity contribution is 0.0963. The van der Waals surface area contributed by atoms with Crippen LogP contribution in [0.2, 0.25) is 0 Å². The maximum atomic E-state index is 11.9. The summed E-state index contributed by atoms with van der Waals surface area (Å²) in [5.41, 5.74) is 4.31. The molecule has 0 saturated heterocycles. The van der Waals surface area contributed by atoms with Crippen LogP contribution in [0.5, 0.6) is 0 Å². The van der Waals surface area contributed by atoms with Gasteiger partial charge in [-0.05, 0) is 30.2 Å². The van der Waals surface area contributed by atoms with E-state index in [0.29, 0.717) is 17.9 Å². The van der Waals surface area contributed by atoms with Gasteiger partial charge in [-0.2, -0.15) is 5.10 Å². The Kier molecular flexibility index (Phi) is 4.72. The minimum atomic E-state index is -0.133. The standard InChI is InChI=1S/C21H20N6O/c1-14-8-9-16(21(28)22-2)10-18(14)26-19-17-11-25-27(20(17)24-13-23-19)12-15-6-4-3-5-7-15/h3-11,13H,12H2,1-2H3,(H,22,28)(H,23,24,26). The zero-order valence-corrected chi connectivity index (χ0v) is 15.7. The van der Waals surface area contributed by atoms with Crippen LogP contribution in [0, 0.1) is 6.92 Å². The minimum absolute atomic E-state index is 0.133. The second-order valence-corrected chi connectivity index (χ2v) is 6.48. The van der Waals surface area contributed by atoms with Crippen molar-refractivity contribution in [3.8, 4) is 0 Å². The number of hydrogen-bond acceptors (Lipinski definition) is 5. The van der Waals surface area contributed by atoms with Gasteiger partial charge in [0.2, 0.25) is 0 Å². The number of aromatic nitrogens is 4. The summed E-state index contributed by atoms with van der Waals surface area (Å²) in [6.07, 6.45) is 3.28. The van der Waals surface area contributed by atoms with Crippen molar-refractivity contribution < 1.29 is 4.79 Å². The molecule has 1 amide bonds. The molecule has 4 aromatic rings. The van der Waals surface area contributed by atoms with Crippen LogP contribution in [0.15, 0.2) is 61.1 Å². The Morgan fingerprint density at radius 1 is 1.11 bits per heavy atom. The van der Waals surface area contributed by atoms with Crippen molar-refractivity contribution in [1.29, 1.82) is 0 Å². The first-order valence-electron chi connectivity index (χ1n) is 8.96. The van der Waals surface area contributed by atoms with Gasteiger partial charge >= 0.3 is 0 Å². The summed E-state index contributed by atoms with van der Waals surface area (Å²) in [5.74, 6) is 0.521. The van der Waals surface area contributed by atoms with E-state index in [9.17, 15) is 4.79 Å². The molecule has 0 fully saturated rings. The second-order valence-electron chi connectivity index (χ2n) is 6.48. The summed E-state index contributed by atoms with van der Waals surface area (Å²) in [7, 11) is 1.62. The molecule has 0 aliphatic rings. The van der Waals surface area contributed by atoms with E-state index in [1.54, 1.807) is 19.3 Å². The Morgan fingerprint density at radius 3 is 2.71 bits per heavy atom. The fourth-order valence-corrected chi connectivity index (χ4v) is 3.03. The van der Waals surface area contributed by atoms with E-state index in [-0.39, 0.29) is 5.91 Å². The summed E-state index contributed by atoms with van der Waals surface area (Å²) in [5, 5.41) is 11.3. The topological polar surface area (TPSA) is 84.7 Å². The number of carbonyl (C=O) groups is 1. The van der Waals surface area contributed by atoms with Crippen LogP contribution < -0.4 is 10.6 Å². The van der Waals surface area contributed by atoms with Crippen LogP contribution in [0.1, 0.15) is 21.5 Å². The minimum Gasteiger partial charge on any atom is -0.355 e. The highest BCUT2D eigenvalue weighted by Crippen LogP contribution is 2.26. The quantitative estimate of drug-likeness (QED) is 0.562. The molecule has 0 aliphatic carbocycles. The van der Waals surface area contributed by atoms with Crippen LogP contribution in [-0.4, -0.2) is 32.7 Å². The summed E-state index contributed by atoms with van der Waals surface area (Å²) in [4.78, 5) is 20.7. The Labute approximate surface area is 162 Å². The average molecular weight is 372 g/mol. The van der Waals surface area contributed by atoms with E-state index in [1.165, 1.54) is 6.33 Å². The van der Waals surface area contributed by atoms with Crippen LogP contribution in [-0.2, 0) is 6.54 Å². The van der Waals surface area contributed by atoms with Gasteiger partial charge in [-0.25, -0.2) is 14.6 Å². The van der Waals surface area contributed by atoms with Crippen molar-refractivity contribution in [1.82, 2.24) is 25.1 Å². The van der Waals surface area contributed by atoms with Gasteiger partial charge in [0.05, 0.1) is 18.1 Å². The highest BCUT2D eigenvalue weighted by atomic mass is 16.1. The maximum Gasteiger partial charge on any atom is 0.251 e. The van der Waals surface area contributed by atoms with E-state index in [4.69, 9.17) is 0 Å². The Hall–Kier alpha value is -3.74. The third kappa shape index (κ3) is 3.42. The number of hydrogen-bond donors (Lipinski definition) is 2. The molecule has 0 aliphatic heterocycles. The number of aryl methyl sites for hydroxylation is 1. The van der Waals surface area contributed by atoms with Gasteiger partial charge in [-0.3, -0.25) is 4.79 Å². The van der Waals surface area contributed by atoms with Gasteiger partial charge < -0.3 is 10.6 Å². The molecular formula is C21H20N6O. The van der Waals surface area contributed by atoms with Crippen molar-refractivity contribution in [3.63, 3.8) is 0 Å².